The highest BCUT2D eigenvalue weighted by Gasteiger charge is 2.20. The normalized spacial score (nSPS) is 17.6. The Morgan fingerprint density at radius 2 is 2.11 bits per heavy atom. The van der Waals surface area contributed by atoms with E-state index in [1.165, 1.54) is 11.1 Å². The van der Waals surface area contributed by atoms with Crippen LogP contribution in [0.15, 0.2) is 42.5 Å². The lowest BCUT2D eigenvalue weighted by Crippen LogP contribution is -2.23. The molecule has 0 aromatic heterocycles. The summed E-state index contributed by atoms with van der Waals surface area (Å²) < 4.78 is 6.01. The average Bonchev–Trinajstić information content (AvgIpc) is 2.38. The molecule has 0 fully saturated rings. The first-order valence-corrected chi connectivity index (χ1v) is 6.37. The van der Waals surface area contributed by atoms with Crippen molar-refractivity contribution in [2.75, 3.05) is 11.9 Å². The van der Waals surface area contributed by atoms with Crippen molar-refractivity contribution < 1.29 is 4.74 Å². The van der Waals surface area contributed by atoms with Crippen LogP contribution in [0.25, 0.3) is 0 Å². The van der Waals surface area contributed by atoms with Gasteiger partial charge >= 0.3 is 0 Å². The number of nitrogens with one attached hydrogen (secondary N) is 1. The molecule has 0 spiro atoms. The maximum Gasteiger partial charge on any atom is 0.143 e. The SMILES string of the molecule is Cc1cccc(C2CNc3cc(Cl)ccc3O2)c1. The monoisotopic (exact) mass is 259 g/mol. The van der Waals surface area contributed by atoms with Gasteiger partial charge in [-0.1, -0.05) is 41.4 Å². The number of halogens is 1. The summed E-state index contributed by atoms with van der Waals surface area (Å²) in [5, 5.41) is 4.08. The van der Waals surface area contributed by atoms with E-state index < -0.39 is 0 Å². The number of rotatable bonds is 1. The molecule has 92 valence electrons. The molecule has 3 heteroatoms. The molecule has 3 rings (SSSR count). The number of hydrogen-bond acceptors (Lipinski definition) is 2. The maximum absolute atomic E-state index is 6.01. The van der Waals surface area contributed by atoms with Crippen molar-refractivity contribution in [3.05, 3.63) is 58.6 Å². The third kappa shape index (κ3) is 2.16. The lowest BCUT2D eigenvalue weighted by Gasteiger charge is -2.28. The quantitative estimate of drug-likeness (QED) is 0.829. The highest BCUT2D eigenvalue weighted by molar-refractivity contribution is 6.30. The minimum Gasteiger partial charge on any atom is -0.482 e. The summed E-state index contributed by atoms with van der Waals surface area (Å²) in [7, 11) is 0. The zero-order valence-electron chi connectivity index (χ0n) is 10.1. The van der Waals surface area contributed by atoms with Crippen LogP contribution in [0.3, 0.4) is 0 Å². The minimum absolute atomic E-state index is 0.0542. The third-order valence-electron chi connectivity index (χ3n) is 3.10. The van der Waals surface area contributed by atoms with Gasteiger partial charge in [-0.05, 0) is 30.7 Å². The second-order valence-electron chi connectivity index (χ2n) is 4.54. The van der Waals surface area contributed by atoms with Crippen LogP contribution >= 0.6 is 11.6 Å². The number of anilines is 1. The molecule has 0 saturated heterocycles. The fourth-order valence-electron chi connectivity index (χ4n) is 2.20. The van der Waals surface area contributed by atoms with Gasteiger partial charge in [0, 0.05) is 5.02 Å². The second kappa shape index (κ2) is 4.54. The zero-order valence-corrected chi connectivity index (χ0v) is 10.9. The topological polar surface area (TPSA) is 21.3 Å². The average molecular weight is 260 g/mol. The molecule has 0 bridgehead atoms. The lowest BCUT2D eigenvalue weighted by molar-refractivity contribution is 0.210. The van der Waals surface area contributed by atoms with Crippen molar-refractivity contribution in [2.45, 2.75) is 13.0 Å². The Balaban J connectivity index is 1.89. The van der Waals surface area contributed by atoms with E-state index in [0.717, 1.165) is 23.0 Å². The summed E-state index contributed by atoms with van der Waals surface area (Å²) in [6, 6.07) is 14.1. The standard InChI is InChI=1S/C15H14ClNO/c1-10-3-2-4-11(7-10)15-9-17-13-8-12(16)5-6-14(13)18-15/h2-8,15,17H,9H2,1H3. The first kappa shape index (κ1) is 11.4. The fourth-order valence-corrected chi connectivity index (χ4v) is 2.37. The number of benzene rings is 2. The van der Waals surface area contributed by atoms with E-state index >= 15 is 0 Å². The molecule has 0 radical (unpaired) electrons. The van der Waals surface area contributed by atoms with E-state index in [-0.39, 0.29) is 6.10 Å². The van der Waals surface area contributed by atoms with E-state index in [1.54, 1.807) is 0 Å². The summed E-state index contributed by atoms with van der Waals surface area (Å²) in [4.78, 5) is 0. The Bertz CT molecular complexity index is 582. The summed E-state index contributed by atoms with van der Waals surface area (Å²) in [5.41, 5.74) is 3.41. The number of fused-ring (bicyclic) bond motifs is 1. The van der Waals surface area contributed by atoms with E-state index in [9.17, 15) is 0 Å². The van der Waals surface area contributed by atoms with E-state index in [0.29, 0.717) is 0 Å². The molecule has 1 aliphatic rings. The first-order valence-electron chi connectivity index (χ1n) is 5.99. The third-order valence-corrected chi connectivity index (χ3v) is 3.34. The zero-order chi connectivity index (χ0) is 12.5. The summed E-state index contributed by atoms with van der Waals surface area (Å²) in [5.74, 6) is 0.858. The summed E-state index contributed by atoms with van der Waals surface area (Å²) in [6.07, 6.45) is 0.0542. The van der Waals surface area contributed by atoms with Crippen LogP contribution < -0.4 is 10.1 Å². The Labute approximate surface area is 112 Å². The van der Waals surface area contributed by atoms with Crippen LogP contribution in [0, 0.1) is 6.92 Å². The lowest BCUT2D eigenvalue weighted by atomic mass is 10.1. The molecule has 0 saturated carbocycles. The molecule has 2 nitrogen and oxygen atoms in total. The summed E-state index contributed by atoms with van der Waals surface area (Å²) in [6.45, 7) is 2.85. The highest BCUT2D eigenvalue weighted by atomic mass is 35.5. The van der Waals surface area contributed by atoms with Crippen LogP contribution in [-0.2, 0) is 0 Å². The molecule has 1 atom stereocenters. The Morgan fingerprint density at radius 3 is 2.94 bits per heavy atom. The largest absolute Gasteiger partial charge is 0.482 e. The van der Waals surface area contributed by atoms with Gasteiger partial charge in [-0.15, -0.1) is 0 Å². The molecular formula is C15H14ClNO. The van der Waals surface area contributed by atoms with Gasteiger partial charge in [0.15, 0.2) is 0 Å². The Hall–Kier alpha value is -1.67. The van der Waals surface area contributed by atoms with Crippen LogP contribution in [0.5, 0.6) is 5.75 Å². The summed E-state index contributed by atoms with van der Waals surface area (Å²) >= 11 is 5.96. The maximum atomic E-state index is 6.01. The van der Waals surface area contributed by atoms with Gasteiger partial charge in [0.25, 0.3) is 0 Å². The number of ether oxygens (including phenoxy) is 1. The predicted molar refractivity (Wildman–Crippen MR) is 74.5 cm³/mol. The predicted octanol–water partition coefficient (Wildman–Crippen LogP) is 4.19. The molecule has 1 aliphatic heterocycles. The smallest absolute Gasteiger partial charge is 0.143 e. The van der Waals surface area contributed by atoms with E-state index in [4.69, 9.17) is 16.3 Å². The van der Waals surface area contributed by atoms with Gasteiger partial charge in [0.1, 0.15) is 11.9 Å². The van der Waals surface area contributed by atoms with Gasteiger partial charge in [0.2, 0.25) is 0 Å². The van der Waals surface area contributed by atoms with E-state index in [1.807, 2.05) is 18.2 Å². The molecule has 1 N–H and O–H groups in total. The molecule has 18 heavy (non-hydrogen) atoms. The van der Waals surface area contributed by atoms with Gasteiger partial charge in [-0.3, -0.25) is 0 Å². The van der Waals surface area contributed by atoms with Crippen LogP contribution in [0.2, 0.25) is 5.02 Å². The molecule has 0 aliphatic carbocycles. The van der Waals surface area contributed by atoms with Crippen molar-refractivity contribution in [1.29, 1.82) is 0 Å². The molecule has 2 aromatic carbocycles. The molecule has 0 amide bonds. The second-order valence-corrected chi connectivity index (χ2v) is 4.98. The number of aryl methyl sites for hydroxylation is 1. The van der Waals surface area contributed by atoms with Crippen LogP contribution in [0.1, 0.15) is 17.2 Å². The Morgan fingerprint density at radius 1 is 1.22 bits per heavy atom. The highest BCUT2D eigenvalue weighted by Crippen LogP contribution is 2.35. The van der Waals surface area contributed by atoms with Gasteiger partial charge in [-0.2, -0.15) is 0 Å². The van der Waals surface area contributed by atoms with Crippen molar-refractivity contribution in [1.82, 2.24) is 0 Å². The van der Waals surface area contributed by atoms with Gasteiger partial charge in [0.05, 0.1) is 12.2 Å². The van der Waals surface area contributed by atoms with Crippen LogP contribution in [0.4, 0.5) is 5.69 Å². The van der Waals surface area contributed by atoms with Crippen molar-refractivity contribution in [3.63, 3.8) is 0 Å². The minimum atomic E-state index is 0.0542. The van der Waals surface area contributed by atoms with Crippen molar-refractivity contribution >= 4 is 17.3 Å². The van der Waals surface area contributed by atoms with Crippen LogP contribution in [-0.4, -0.2) is 6.54 Å². The molecule has 1 unspecified atom stereocenters. The van der Waals surface area contributed by atoms with Gasteiger partial charge in [-0.25, -0.2) is 0 Å². The van der Waals surface area contributed by atoms with Crippen molar-refractivity contribution in [3.8, 4) is 5.75 Å². The van der Waals surface area contributed by atoms with Crippen molar-refractivity contribution in [2.24, 2.45) is 0 Å². The molecule has 2 aromatic rings. The Kier molecular flexibility index (Phi) is 2.88. The van der Waals surface area contributed by atoms with Gasteiger partial charge < -0.3 is 10.1 Å². The molecular weight excluding hydrogens is 246 g/mol. The fraction of sp³-hybridized carbons (Fsp3) is 0.200. The molecule has 1 heterocycles. The first-order chi connectivity index (χ1) is 8.72. The van der Waals surface area contributed by atoms with E-state index in [2.05, 4.69) is 36.5 Å². The number of hydrogen-bond donors (Lipinski definition) is 1.